The van der Waals surface area contributed by atoms with E-state index in [9.17, 15) is 34.2 Å². The minimum atomic E-state index is -0.903. The van der Waals surface area contributed by atoms with Crippen molar-refractivity contribution in [2.45, 2.75) is 348 Å². The number of carbonyl (C=O) groups is 5. The van der Waals surface area contributed by atoms with Crippen molar-refractivity contribution >= 4 is 67.4 Å². The second-order valence-electron chi connectivity index (χ2n) is 23.5. The van der Waals surface area contributed by atoms with Crippen LogP contribution in [0, 0.1) is 23.7 Å². The zero-order valence-electron chi connectivity index (χ0n) is 49.1. The summed E-state index contributed by atoms with van der Waals surface area (Å²) in [5, 5.41) is 30.0. The molecular formula is C63H117CaN3O7. The Labute approximate surface area is 486 Å². The van der Waals surface area contributed by atoms with Crippen molar-refractivity contribution in [3.05, 3.63) is 0 Å². The summed E-state index contributed by atoms with van der Waals surface area (Å²) in [6.07, 6.45) is 53.3. The van der Waals surface area contributed by atoms with Crippen LogP contribution in [0.25, 0.3) is 0 Å². The quantitative estimate of drug-likeness (QED) is 0.0405. The van der Waals surface area contributed by atoms with E-state index in [0.29, 0.717) is 17.8 Å². The van der Waals surface area contributed by atoms with Gasteiger partial charge in [-0.25, -0.2) is 0 Å². The monoisotopic (exact) mass is 1070 g/mol. The molecule has 3 rings (SSSR count). The molecule has 0 bridgehead atoms. The molecule has 0 aromatic carbocycles. The van der Waals surface area contributed by atoms with Crippen LogP contribution in [0.5, 0.6) is 0 Å². The molecule has 3 aliphatic rings. The van der Waals surface area contributed by atoms with Gasteiger partial charge in [-0.2, -0.15) is 0 Å². The molecule has 3 N–H and O–H groups in total. The molecule has 74 heavy (non-hydrogen) atoms. The minimum Gasteiger partial charge on any atom is -0.550 e. The average Bonchev–Trinajstić information content (AvgIpc) is 3.36. The molecule has 0 saturated heterocycles. The molecule has 428 valence electrons. The van der Waals surface area contributed by atoms with Crippen LogP contribution in [0.1, 0.15) is 330 Å². The molecule has 0 aliphatic heterocycles. The molecule has 3 aliphatic carbocycles. The summed E-state index contributed by atoms with van der Waals surface area (Å²) in [6, 6.07) is 0.520. The largest absolute Gasteiger partial charge is 2.00 e. The van der Waals surface area contributed by atoms with Crippen LogP contribution in [-0.2, 0) is 24.0 Å². The minimum absolute atomic E-state index is 0. The van der Waals surface area contributed by atoms with E-state index in [1.54, 1.807) is 0 Å². The first-order valence-electron chi connectivity index (χ1n) is 31.7. The van der Waals surface area contributed by atoms with Gasteiger partial charge in [0.25, 0.3) is 0 Å². The van der Waals surface area contributed by atoms with Crippen LogP contribution in [0.2, 0.25) is 0 Å². The topological polar surface area (TPSA) is 168 Å². The van der Waals surface area contributed by atoms with Crippen molar-refractivity contribution in [3.8, 4) is 0 Å². The summed E-state index contributed by atoms with van der Waals surface area (Å²) >= 11 is 0. The Hall–Kier alpha value is -1.39. The third kappa shape index (κ3) is 42.6. The molecule has 0 aromatic rings. The van der Waals surface area contributed by atoms with Crippen molar-refractivity contribution in [1.82, 2.24) is 16.0 Å². The van der Waals surface area contributed by atoms with Gasteiger partial charge < -0.3 is 35.8 Å². The summed E-state index contributed by atoms with van der Waals surface area (Å²) in [5.74, 6) is -1.36. The fourth-order valence-electron chi connectivity index (χ4n) is 11.4. The van der Waals surface area contributed by atoms with Gasteiger partial charge in [0, 0.05) is 42.9 Å². The van der Waals surface area contributed by atoms with E-state index in [4.69, 9.17) is 0 Å². The Balaban J connectivity index is 0.00000114. The molecule has 0 spiro atoms. The van der Waals surface area contributed by atoms with Gasteiger partial charge in [-0.15, -0.1) is 0 Å². The Morgan fingerprint density at radius 2 is 0.595 bits per heavy atom. The molecule has 0 radical (unpaired) electrons. The van der Waals surface area contributed by atoms with Crippen molar-refractivity contribution in [1.29, 1.82) is 0 Å². The number of unbranched alkanes of at least 4 members (excludes halogenated alkanes) is 28. The Morgan fingerprint density at radius 1 is 0.365 bits per heavy atom. The second-order valence-corrected chi connectivity index (χ2v) is 23.5. The number of rotatable bonds is 40. The molecule has 6 atom stereocenters. The molecular weight excluding hydrogens is 951 g/mol. The number of carbonyl (C=O) groups excluding carboxylic acids is 5. The van der Waals surface area contributed by atoms with Gasteiger partial charge in [0.15, 0.2) is 0 Å². The van der Waals surface area contributed by atoms with Gasteiger partial charge in [0.1, 0.15) is 0 Å². The van der Waals surface area contributed by atoms with Crippen molar-refractivity contribution < 1.29 is 34.2 Å². The fourth-order valence-corrected chi connectivity index (χ4v) is 11.4. The summed E-state index contributed by atoms with van der Waals surface area (Å²) in [6.45, 7) is 11.1. The van der Waals surface area contributed by atoms with Crippen LogP contribution in [0.15, 0.2) is 0 Å². The third-order valence-corrected chi connectivity index (χ3v) is 16.6. The van der Waals surface area contributed by atoms with Crippen LogP contribution < -0.4 is 26.2 Å². The van der Waals surface area contributed by atoms with Gasteiger partial charge in [0.05, 0.1) is 5.92 Å². The summed E-state index contributed by atoms with van der Waals surface area (Å²) < 4.78 is 0. The van der Waals surface area contributed by atoms with Gasteiger partial charge in [-0.3, -0.25) is 14.4 Å². The van der Waals surface area contributed by atoms with Gasteiger partial charge in [-0.1, -0.05) is 253 Å². The molecule has 11 heteroatoms. The van der Waals surface area contributed by atoms with Crippen LogP contribution in [0.3, 0.4) is 0 Å². The average molecular weight is 1070 g/mol. The fraction of sp³-hybridized carbons (Fsp3) is 0.921. The molecule has 3 saturated carbocycles. The number of carboxylic acids is 2. The zero-order valence-corrected chi connectivity index (χ0v) is 51.3. The summed E-state index contributed by atoms with van der Waals surface area (Å²) in [7, 11) is 0. The molecule has 6 unspecified atom stereocenters. The predicted octanol–water partition coefficient (Wildman–Crippen LogP) is 14.1. The van der Waals surface area contributed by atoms with Gasteiger partial charge in [-0.05, 0) is 82.0 Å². The van der Waals surface area contributed by atoms with E-state index in [1.165, 1.54) is 186 Å². The van der Waals surface area contributed by atoms with E-state index in [2.05, 4.69) is 50.6 Å². The molecule has 10 nitrogen and oxygen atoms in total. The zero-order chi connectivity index (χ0) is 53.6. The number of hydrogen-bond acceptors (Lipinski definition) is 7. The van der Waals surface area contributed by atoms with Crippen LogP contribution in [-0.4, -0.2) is 85.5 Å². The van der Waals surface area contributed by atoms with Gasteiger partial charge in [0.2, 0.25) is 17.7 Å². The maximum absolute atomic E-state index is 13.3. The maximum Gasteiger partial charge on any atom is 2.00 e. The SMILES string of the molecule is CC1CCCCC1NC(=O)CC(CC(=O)NC1CCCCC1C)C(=O)NC1CCCCC1C.CCCCCCCCCCCCCCCCCC(=O)[O-].CCCCCCCCCCCCCCCCCC(=O)[O-].[Ca+2]. The first-order valence-corrected chi connectivity index (χ1v) is 31.7. The maximum atomic E-state index is 13.3. The smallest absolute Gasteiger partial charge is 0.550 e. The number of nitrogens with one attached hydrogen (secondary N) is 3. The van der Waals surface area contributed by atoms with Crippen molar-refractivity contribution in [3.63, 3.8) is 0 Å². The van der Waals surface area contributed by atoms with E-state index < -0.39 is 17.9 Å². The Kier molecular flexibility index (Phi) is 50.1. The Morgan fingerprint density at radius 3 is 0.838 bits per heavy atom. The molecule has 0 aromatic heterocycles. The number of amides is 3. The first kappa shape index (κ1) is 72.6. The second kappa shape index (κ2) is 51.1. The van der Waals surface area contributed by atoms with Gasteiger partial charge >= 0.3 is 37.7 Å². The van der Waals surface area contributed by atoms with E-state index >= 15 is 0 Å². The molecule has 3 amide bonds. The van der Waals surface area contributed by atoms with Crippen LogP contribution in [0.4, 0.5) is 0 Å². The summed E-state index contributed by atoms with van der Waals surface area (Å²) in [5.41, 5.74) is 0. The molecule has 3 fully saturated rings. The first-order chi connectivity index (χ1) is 35.4. The molecule has 0 heterocycles. The number of hydrogen-bond donors (Lipinski definition) is 3. The van der Waals surface area contributed by atoms with E-state index in [0.717, 1.165) is 83.5 Å². The van der Waals surface area contributed by atoms with Crippen molar-refractivity contribution in [2.75, 3.05) is 0 Å². The number of aliphatic carboxylic acids is 2. The summed E-state index contributed by atoms with van der Waals surface area (Å²) in [4.78, 5) is 59.6. The van der Waals surface area contributed by atoms with E-state index in [1.807, 2.05) is 0 Å². The Bertz CT molecular complexity index is 1290. The number of carboxylic acid groups (broad SMARTS) is 2. The normalized spacial score (nSPS) is 20.8. The predicted molar refractivity (Wildman–Crippen MR) is 306 cm³/mol. The standard InChI is InChI=1S/C27H47N3O3.2C18H36O2.Ca/c1-18-10-4-7-13-22(18)28-25(31)16-21(27(33)30-24-15-9-6-12-20(24)3)17-26(32)29-23-14-8-5-11-19(23)2;2*1-2-3-4-5-6-7-8-9-10-11-12-13-14-15-16-17-18(19)20;/h18-24H,4-17H2,1-3H3,(H,28,31)(H,29,32)(H,30,33);2*2-17H2,1H3,(H,19,20);/q;;;+2/p-2. The van der Waals surface area contributed by atoms with Crippen LogP contribution >= 0.6 is 0 Å². The third-order valence-electron chi connectivity index (χ3n) is 16.6. The van der Waals surface area contributed by atoms with E-state index in [-0.39, 0.29) is 99.3 Å². The van der Waals surface area contributed by atoms with Crippen molar-refractivity contribution in [2.24, 2.45) is 23.7 Å².